The summed E-state index contributed by atoms with van der Waals surface area (Å²) in [6.45, 7) is 1.77. The van der Waals surface area contributed by atoms with E-state index in [1.807, 2.05) is 30.3 Å². The first-order valence-electron chi connectivity index (χ1n) is 6.82. The Bertz CT molecular complexity index is 660. The molecule has 0 radical (unpaired) electrons. The summed E-state index contributed by atoms with van der Waals surface area (Å²) in [5.74, 6) is -0.470. The number of carbonyl (C=O) groups is 1. The number of para-hydroxylation sites is 2. The Morgan fingerprint density at radius 1 is 1.04 bits per heavy atom. The second-order valence-corrected chi connectivity index (χ2v) is 4.77. The number of amides is 2. The molecule has 0 aliphatic heterocycles. The molecule has 0 bridgehead atoms. The number of hydrogen-bond acceptors (Lipinski definition) is 2. The zero-order valence-corrected chi connectivity index (χ0v) is 12.2. The number of hydrogen-bond donors (Lipinski definition) is 2. The molecule has 0 saturated heterocycles. The molecule has 2 aromatic carbocycles. The summed E-state index contributed by atoms with van der Waals surface area (Å²) in [7, 11) is 0. The van der Waals surface area contributed by atoms with Gasteiger partial charge in [0.2, 0.25) is 0 Å². The van der Waals surface area contributed by atoms with Crippen LogP contribution in [0.15, 0.2) is 54.6 Å². The van der Waals surface area contributed by atoms with Gasteiger partial charge in [-0.15, -0.1) is 13.2 Å². The summed E-state index contributed by atoms with van der Waals surface area (Å²) in [5.41, 5.74) is 0.810. The van der Waals surface area contributed by atoms with Gasteiger partial charge in [-0.05, 0) is 24.6 Å². The highest BCUT2D eigenvalue weighted by molar-refractivity contribution is 5.91. The van der Waals surface area contributed by atoms with Gasteiger partial charge >= 0.3 is 12.4 Å². The van der Waals surface area contributed by atoms with Crippen LogP contribution in [0.1, 0.15) is 18.5 Å². The van der Waals surface area contributed by atoms with E-state index in [-0.39, 0.29) is 11.7 Å². The minimum Gasteiger partial charge on any atom is -0.404 e. The quantitative estimate of drug-likeness (QED) is 0.872. The number of ether oxygens (including phenoxy) is 1. The van der Waals surface area contributed by atoms with Crippen molar-refractivity contribution in [3.05, 3.63) is 60.2 Å². The molecule has 4 nitrogen and oxygen atoms in total. The van der Waals surface area contributed by atoms with Gasteiger partial charge in [-0.2, -0.15) is 0 Å². The maximum atomic E-state index is 12.3. The second kappa shape index (κ2) is 7.04. The first-order chi connectivity index (χ1) is 10.8. The van der Waals surface area contributed by atoms with Crippen molar-refractivity contribution in [2.24, 2.45) is 0 Å². The third-order valence-corrected chi connectivity index (χ3v) is 3.01. The van der Waals surface area contributed by atoms with Gasteiger partial charge < -0.3 is 15.4 Å². The molecule has 2 N–H and O–H groups in total. The predicted octanol–water partition coefficient (Wildman–Crippen LogP) is 4.47. The summed E-state index contributed by atoms with van der Waals surface area (Å²) in [6, 6.07) is 13.6. The van der Waals surface area contributed by atoms with Crippen LogP contribution in [-0.2, 0) is 0 Å². The number of anilines is 1. The van der Waals surface area contributed by atoms with Crippen LogP contribution in [0, 0.1) is 0 Å². The van der Waals surface area contributed by atoms with E-state index in [4.69, 9.17) is 0 Å². The smallest absolute Gasteiger partial charge is 0.404 e. The Kier molecular flexibility index (Phi) is 5.10. The van der Waals surface area contributed by atoms with Crippen LogP contribution in [0.3, 0.4) is 0 Å². The first-order valence-corrected chi connectivity index (χ1v) is 6.82. The van der Waals surface area contributed by atoms with Crippen molar-refractivity contribution in [2.45, 2.75) is 19.3 Å². The molecule has 0 aromatic heterocycles. The summed E-state index contributed by atoms with van der Waals surface area (Å²) < 4.78 is 40.9. The molecular weight excluding hydrogens is 309 g/mol. The fourth-order valence-electron chi connectivity index (χ4n) is 1.96. The molecule has 2 aromatic rings. The van der Waals surface area contributed by atoms with E-state index in [2.05, 4.69) is 15.4 Å². The maximum Gasteiger partial charge on any atom is 0.573 e. The van der Waals surface area contributed by atoms with Gasteiger partial charge in [0.1, 0.15) is 0 Å². The number of rotatable bonds is 4. The summed E-state index contributed by atoms with van der Waals surface area (Å²) in [5, 5.41) is 5.01. The van der Waals surface area contributed by atoms with Crippen molar-refractivity contribution in [1.82, 2.24) is 5.32 Å². The number of nitrogens with one attached hydrogen (secondary N) is 2. The largest absolute Gasteiger partial charge is 0.573 e. The van der Waals surface area contributed by atoms with Crippen LogP contribution in [0.4, 0.5) is 23.7 Å². The standard InChI is InChI=1S/C16H15F3N2O2/c1-11(12-7-3-2-4-8-12)20-15(22)21-13-9-5-6-10-14(13)23-16(17,18)19/h2-11H,1H3,(H2,20,21,22). The first kappa shape index (κ1) is 16.7. The normalized spacial score (nSPS) is 12.3. The second-order valence-electron chi connectivity index (χ2n) is 4.77. The number of carbonyl (C=O) groups excluding carboxylic acids is 1. The predicted molar refractivity (Wildman–Crippen MR) is 80.1 cm³/mol. The Balaban J connectivity index is 2.03. The highest BCUT2D eigenvalue weighted by Gasteiger charge is 2.32. The molecule has 0 spiro atoms. The van der Waals surface area contributed by atoms with Crippen LogP contribution >= 0.6 is 0 Å². The van der Waals surface area contributed by atoms with Crippen molar-refractivity contribution in [3.63, 3.8) is 0 Å². The van der Waals surface area contributed by atoms with Crippen molar-refractivity contribution in [3.8, 4) is 5.75 Å². The summed E-state index contributed by atoms with van der Waals surface area (Å²) >= 11 is 0. The van der Waals surface area contributed by atoms with Gasteiger partial charge in [0.05, 0.1) is 11.7 Å². The van der Waals surface area contributed by atoms with Crippen LogP contribution in [0.2, 0.25) is 0 Å². The SMILES string of the molecule is CC(NC(=O)Nc1ccccc1OC(F)(F)F)c1ccccc1. The van der Waals surface area contributed by atoms with Crippen LogP contribution in [-0.4, -0.2) is 12.4 Å². The van der Waals surface area contributed by atoms with Gasteiger partial charge in [-0.25, -0.2) is 4.79 Å². The number of alkyl halides is 3. The van der Waals surface area contributed by atoms with E-state index in [9.17, 15) is 18.0 Å². The zero-order chi connectivity index (χ0) is 16.9. The molecule has 0 aliphatic rings. The average molecular weight is 324 g/mol. The van der Waals surface area contributed by atoms with E-state index in [1.165, 1.54) is 18.2 Å². The van der Waals surface area contributed by atoms with Crippen molar-refractivity contribution in [1.29, 1.82) is 0 Å². The molecule has 23 heavy (non-hydrogen) atoms. The number of halogens is 3. The Hall–Kier alpha value is -2.70. The molecule has 2 amide bonds. The van der Waals surface area contributed by atoms with Gasteiger partial charge in [0.25, 0.3) is 0 Å². The van der Waals surface area contributed by atoms with Crippen molar-refractivity contribution < 1.29 is 22.7 Å². The number of benzene rings is 2. The molecule has 0 saturated carbocycles. The molecular formula is C16H15F3N2O2. The topological polar surface area (TPSA) is 50.4 Å². The van der Waals surface area contributed by atoms with Crippen molar-refractivity contribution >= 4 is 11.7 Å². The van der Waals surface area contributed by atoms with Crippen LogP contribution < -0.4 is 15.4 Å². The van der Waals surface area contributed by atoms with E-state index in [0.29, 0.717) is 0 Å². The molecule has 0 heterocycles. The van der Waals surface area contributed by atoms with Crippen LogP contribution in [0.25, 0.3) is 0 Å². The fourth-order valence-corrected chi connectivity index (χ4v) is 1.96. The summed E-state index contributed by atoms with van der Waals surface area (Å²) in [6.07, 6.45) is -4.83. The Morgan fingerprint density at radius 2 is 1.65 bits per heavy atom. The Labute approximate surface area is 131 Å². The third kappa shape index (κ3) is 5.21. The van der Waals surface area contributed by atoms with Gasteiger partial charge in [0, 0.05) is 0 Å². The lowest BCUT2D eigenvalue weighted by atomic mass is 10.1. The van der Waals surface area contributed by atoms with Crippen LogP contribution in [0.5, 0.6) is 5.75 Å². The minimum atomic E-state index is -4.83. The lowest BCUT2D eigenvalue weighted by Gasteiger charge is -2.17. The number of urea groups is 1. The fraction of sp³-hybridized carbons (Fsp3) is 0.188. The molecule has 7 heteroatoms. The van der Waals surface area contributed by atoms with E-state index in [0.717, 1.165) is 11.6 Å². The zero-order valence-electron chi connectivity index (χ0n) is 12.2. The van der Waals surface area contributed by atoms with Gasteiger partial charge in [-0.3, -0.25) is 0 Å². The highest BCUT2D eigenvalue weighted by Crippen LogP contribution is 2.29. The van der Waals surface area contributed by atoms with Gasteiger partial charge in [-0.1, -0.05) is 42.5 Å². The maximum absolute atomic E-state index is 12.3. The highest BCUT2D eigenvalue weighted by atomic mass is 19.4. The Morgan fingerprint density at radius 3 is 2.30 bits per heavy atom. The molecule has 1 atom stereocenters. The lowest BCUT2D eigenvalue weighted by molar-refractivity contribution is -0.274. The average Bonchev–Trinajstić information content (AvgIpc) is 2.48. The van der Waals surface area contributed by atoms with Crippen molar-refractivity contribution in [2.75, 3.05) is 5.32 Å². The van der Waals surface area contributed by atoms with E-state index >= 15 is 0 Å². The molecule has 122 valence electrons. The monoisotopic (exact) mass is 324 g/mol. The van der Waals surface area contributed by atoms with E-state index < -0.39 is 18.1 Å². The lowest BCUT2D eigenvalue weighted by Crippen LogP contribution is -2.31. The molecule has 1 unspecified atom stereocenters. The molecule has 0 aliphatic carbocycles. The van der Waals surface area contributed by atoms with Gasteiger partial charge in [0.15, 0.2) is 5.75 Å². The van der Waals surface area contributed by atoms with E-state index in [1.54, 1.807) is 6.92 Å². The molecule has 0 fully saturated rings. The molecule has 2 rings (SSSR count). The third-order valence-electron chi connectivity index (χ3n) is 3.01. The minimum absolute atomic E-state index is 0.0670. The summed E-state index contributed by atoms with van der Waals surface area (Å²) in [4.78, 5) is 12.0.